The standard InChI is InChI=1S/C21H20N2O6/c24-19(25)7-4-10-22-21(27)16(23-20(26)15-5-2-1-3-6-15)11-14-8-9-17-18(12-14)29-13-28-17/h1-3,5-6,8-9,11-12H,4,7,10,13H2,(H,22,27)(H,23,26)(H,24,25). The lowest BCUT2D eigenvalue weighted by Crippen LogP contribution is -2.35. The quantitative estimate of drug-likeness (QED) is 0.465. The fraction of sp³-hybridized carbons (Fsp3) is 0.190. The minimum absolute atomic E-state index is 0.0352. The lowest BCUT2D eigenvalue weighted by molar-refractivity contribution is -0.137. The molecule has 2 aromatic rings. The predicted molar refractivity (Wildman–Crippen MR) is 104 cm³/mol. The summed E-state index contributed by atoms with van der Waals surface area (Å²) in [4.78, 5) is 35.7. The lowest BCUT2D eigenvalue weighted by Gasteiger charge is -2.11. The number of ether oxygens (including phenoxy) is 2. The third-order valence-electron chi connectivity index (χ3n) is 4.09. The summed E-state index contributed by atoms with van der Waals surface area (Å²) in [6.07, 6.45) is 1.75. The molecule has 8 nitrogen and oxygen atoms in total. The van der Waals surface area contributed by atoms with Crippen molar-refractivity contribution >= 4 is 23.9 Å². The van der Waals surface area contributed by atoms with Crippen LogP contribution in [0.1, 0.15) is 28.8 Å². The average molecular weight is 396 g/mol. The number of carboxylic acids is 1. The molecular formula is C21H20N2O6. The Hall–Kier alpha value is -3.81. The van der Waals surface area contributed by atoms with Gasteiger partial charge in [-0.25, -0.2) is 0 Å². The minimum atomic E-state index is -0.937. The van der Waals surface area contributed by atoms with Crippen LogP contribution in [0.4, 0.5) is 0 Å². The average Bonchev–Trinajstić information content (AvgIpc) is 3.19. The molecule has 0 saturated heterocycles. The number of fused-ring (bicyclic) bond motifs is 1. The summed E-state index contributed by atoms with van der Waals surface area (Å²) in [6.45, 7) is 0.301. The van der Waals surface area contributed by atoms with E-state index in [0.29, 0.717) is 22.6 Å². The molecule has 0 unspecified atom stereocenters. The van der Waals surface area contributed by atoms with Gasteiger partial charge in [-0.05, 0) is 42.3 Å². The van der Waals surface area contributed by atoms with Gasteiger partial charge in [0.2, 0.25) is 6.79 Å². The molecule has 0 bridgehead atoms. The fourth-order valence-electron chi connectivity index (χ4n) is 2.65. The molecule has 0 aromatic heterocycles. The monoisotopic (exact) mass is 396 g/mol. The molecular weight excluding hydrogens is 376 g/mol. The van der Waals surface area contributed by atoms with Gasteiger partial charge in [0.25, 0.3) is 11.8 Å². The summed E-state index contributed by atoms with van der Waals surface area (Å²) < 4.78 is 10.6. The summed E-state index contributed by atoms with van der Waals surface area (Å²) in [5.41, 5.74) is 1.08. The molecule has 29 heavy (non-hydrogen) atoms. The Balaban J connectivity index is 1.77. The van der Waals surface area contributed by atoms with E-state index in [-0.39, 0.29) is 31.9 Å². The first-order valence-electron chi connectivity index (χ1n) is 9.00. The first-order chi connectivity index (χ1) is 14.0. The minimum Gasteiger partial charge on any atom is -0.481 e. The number of amides is 2. The second kappa shape index (κ2) is 9.41. The molecule has 1 heterocycles. The molecule has 1 aliphatic rings. The first-order valence-corrected chi connectivity index (χ1v) is 9.00. The number of rotatable bonds is 8. The molecule has 0 radical (unpaired) electrons. The molecule has 0 atom stereocenters. The van der Waals surface area contributed by atoms with Crippen LogP contribution in [0, 0.1) is 0 Å². The highest BCUT2D eigenvalue weighted by Crippen LogP contribution is 2.33. The number of carboxylic acid groups (broad SMARTS) is 1. The van der Waals surface area contributed by atoms with Gasteiger partial charge in [0, 0.05) is 18.5 Å². The normalized spacial score (nSPS) is 12.3. The fourth-order valence-corrected chi connectivity index (χ4v) is 2.65. The van der Waals surface area contributed by atoms with Gasteiger partial charge in [0.1, 0.15) is 5.70 Å². The Morgan fingerprint density at radius 3 is 2.55 bits per heavy atom. The maximum atomic E-state index is 12.6. The molecule has 3 N–H and O–H groups in total. The highest BCUT2D eigenvalue weighted by Gasteiger charge is 2.17. The van der Waals surface area contributed by atoms with E-state index >= 15 is 0 Å². The molecule has 0 saturated carbocycles. The highest BCUT2D eigenvalue weighted by atomic mass is 16.7. The third-order valence-corrected chi connectivity index (χ3v) is 4.09. The predicted octanol–water partition coefficient (Wildman–Crippen LogP) is 2.17. The summed E-state index contributed by atoms with van der Waals surface area (Å²) >= 11 is 0. The Labute approximate surface area is 167 Å². The van der Waals surface area contributed by atoms with Crippen molar-refractivity contribution in [3.63, 3.8) is 0 Å². The number of benzene rings is 2. The van der Waals surface area contributed by atoms with E-state index < -0.39 is 17.8 Å². The molecule has 3 rings (SSSR count). The van der Waals surface area contributed by atoms with Crippen LogP contribution in [0.2, 0.25) is 0 Å². The van der Waals surface area contributed by atoms with Crippen LogP contribution in [0.15, 0.2) is 54.2 Å². The van der Waals surface area contributed by atoms with Crippen LogP contribution < -0.4 is 20.1 Å². The Morgan fingerprint density at radius 1 is 1.03 bits per heavy atom. The van der Waals surface area contributed by atoms with E-state index in [1.165, 1.54) is 6.08 Å². The number of carbonyl (C=O) groups is 3. The van der Waals surface area contributed by atoms with E-state index in [9.17, 15) is 14.4 Å². The van der Waals surface area contributed by atoms with Gasteiger partial charge in [-0.3, -0.25) is 14.4 Å². The molecule has 0 spiro atoms. The number of hydrogen-bond donors (Lipinski definition) is 3. The van der Waals surface area contributed by atoms with Crippen molar-refractivity contribution < 1.29 is 29.0 Å². The number of nitrogens with one attached hydrogen (secondary N) is 2. The number of aliphatic carboxylic acids is 1. The number of carbonyl (C=O) groups excluding carboxylic acids is 2. The third kappa shape index (κ3) is 5.58. The van der Waals surface area contributed by atoms with Crippen LogP contribution in [-0.2, 0) is 9.59 Å². The zero-order valence-corrected chi connectivity index (χ0v) is 15.5. The van der Waals surface area contributed by atoms with Crippen molar-refractivity contribution in [1.29, 1.82) is 0 Å². The van der Waals surface area contributed by atoms with E-state index in [1.54, 1.807) is 48.5 Å². The lowest BCUT2D eigenvalue weighted by atomic mass is 10.1. The molecule has 8 heteroatoms. The Kier molecular flexibility index (Phi) is 6.47. The van der Waals surface area contributed by atoms with Gasteiger partial charge in [-0.15, -0.1) is 0 Å². The van der Waals surface area contributed by atoms with Crippen LogP contribution in [-0.4, -0.2) is 36.2 Å². The van der Waals surface area contributed by atoms with Crippen molar-refractivity contribution in [3.8, 4) is 11.5 Å². The van der Waals surface area contributed by atoms with Crippen LogP contribution in [0.5, 0.6) is 11.5 Å². The summed E-state index contributed by atoms with van der Waals surface area (Å²) in [6, 6.07) is 13.7. The zero-order chi connectivity index (χ0) is 20.6. The molecule has 2 amide bonds. The second-order valence-corrected chi connectivity index (χ2v) is 6.24. The topological polar surface area (TPSA) is 114 Å². The van der Waals surface area contributed by atoms with Gasteiger partial charge in [0.15, 0.2) is 11.5 Å². The maximum absolute atomic E-state index is 12.6. The zero-order valence-electron chi connectivity index (χ0n) is 15.5. The second-order valence-electron chi connectivity index (χ2n) is 6.24. The van der Waals surface area contributed by atoms with Crippen molar-refractivity contribution in [3.05, 3.63) is 65.4 Å². The summed E-state index contributed by atoms with van der Waals surface area (Å²) in [5.74, 6) is -0.729. The van der Waals surface area contributed by atoms with E-state index in [4.69, 9.17) is 14.6 Å². The van der Waals surface area contributed by atoms with Crippen molar-refractivity contribution in [1.82, 2.24) is 10.6 Å². The van der Waals surface area contributed by atoms with E-state index in [1.807, 2.05) is 0 Å². The molecule has 150 valence electrons. The first kappa shape index (κ1) is 19.9. The van der Waals surface area contributed by atoms with E-state index in [0.717, 1.165) is 0 Å². The molecule has 1 aliphatic heterocycles. The van der Waals surface area contributed by atoms with Crippen molar-refractivity contribution in [2.45, 2.75) is 12.8 Å². The Morgan fingerprint density at radius 2 is 1.79 bits per heavy atom. The van der Waals surface area contributed by atoms with Crippen molar-refractivity contribution in [2.75, 3.05) is 13.3 Å². The SMILES string of the molecule is O=C(O)CCCNC(=O)C(=Cc1ccc2c(c1)OCO2)NC(=O)c1ccccc1. The smallest absolute Gasteiger partial charge is 0.303 e. The van der Waals surface area contributed by atoms with E-state index in [2.05, 4.69) is 10.6 Å². The van der Waals surface area contributed by atoms with Gasteiger partial charge in [-0.2, -0.15) is 0 Å². The number of hydrogen-bond acceptors (Lipinski definition) is 5. The molecule has 2 aromatic carbocycles. The van der Waals surface area contributed by atoms with Crippen LogP contribution in [0.3, 0.4) is 0 Å². The molecule has 0 fully saturated rings. The van der Waals surface area contributed by atoms with Gasteiger partial charge >= 0.3 is 5.97 Å². The summed E-state index contributed by atoms with van der Waals surface area (Å²) in [5, 5.41) is 13.9. The highest BCUT2D eigenvalue weighted by molar-refractivity contribution is 6.05. The van der Waals surface area contributed by atoms with Crippen LogP contribution in [0.25, 0.3) is 6.08 Å². The van der Waals surface area contributed by atoms with Gasteiger partial charge in [-0.1, -0.05) is 24.3 Å². The Bertz CT molecular complexity index is 939. The maximum Gasteiger partial charge on any atom is 0.303 e. The van der Waals surface area contributed by atoms with Gasteiger partial charge < -0.3 is 25.2 Å². The summed E-state index contributed by atoms with van der Waals surface area (Å²) in [7, 11) is 0. The van der Waals surface area contributed by atoms with Gasteiger partial charge in [0.05, 0.1) is 0 Å². The van der Waals surface area contributed by atoms with Crippen LogP contribution >= 0.6 is 0 Å². The molecule has 0 aliphatic carbocycles. The van der Waals surface area contributed by atoms with Crippen molar-refractivity contribution in [2.24, 2.45) is 0 Å². The largest absolute Gasteiger partial charge is 0.481 e.